The molecule has 2 rings (SSSR count). The minimum Gasteiger partial charge on any atom is -0.506 e. The molecule has 0 radical (unpaired) electrons. The van der Waals surface area contributed by atoms with Crippen molar-refractivity contribution >= 4 is 22.4 Å². The number of fused-ring (bicyclic) bond motifs is 1. The quantitative estimate of drug-likeness (QED) is 0.390. The number of carbonyl (C=O) groups excluding carboxylic acids is 1. The van der Waals surface area contributed by atoms with Gasteiger partial charge in [-0.05, 0) is 18.4 Å². The van der Waals surface area contributed by atoms with E-state index in [1.807, 2.05) is 24.3 Å². The van der Waals surface area contributed by atoms with Crippen LogP contribution in [0, 0.1) is 11.3 Å². The molecule has 2 aromatic rings. The van der Waals surface area contributed by atoms with Gasteiger partial charge in [-0.3, -0.25) is 0 Å². The fourth-order valence-corrected chi connectivity index (χ4v) is 1.90. The smallest absolute Gasteiger partial charge is 0.350 e. The number of hydrogen-bond acceptors (Lipinski definition) is 5. The Kier molecular flexibility index (Phi) is 4.42. The van der Waals surface area contributed by atoms with Crippen molar-refractivity contribution in [1.29, 1.82) is 5.26 Å². The molecule has 0 atom stereocenters. The summed E-state index contributed by atoms with van der Waals surface area (Å²) in [7, 11) is 0. The van der Waals surface area contributed by atoms with Crippen molar-refractivity contribution in [2.24, 2.45) is 0 Å². The number of ether oxygens (including phenoxy) is 1. The number of phenols is 1. The topological polar surface area (TPSA) is 82.4 Å². The highest BCUT2D eigenvalue weighted by Gasteiger charge is 2.11. The van der Waals surface area contributed by atoms with Crippen molar-refractivity contribution in [2.75, 3.05) is 11.9 Å². The third kappa shape index (κ3) is 3.12. The Morgan fingerprint density at radius 2 is 2.14 bits per heavy atom. The highest BCUT2D eigenvalue weighted by molar-refractivity contribution is 5.98. The summed E-state index contributed by atoms with van der Waals surface area (Å²) in [4.78, 5) is 11.5. The van der Waals surface area contributed by atoms with Crippen LogP contribution in [0.4, 0.5) is 5.69 Å². The maximum absolute atomic E-state index is 11.5. The lowest BCUT2D eigenvalue weighted by Crippen LogP contribution is -2.08. The molecule has 0 aliphatic carbocycles. The van der Waals surface area contributed by atoms with E-state index in [0.29, 0.717) is 5.69 Å². The van der Waals surface area contributed by atoms with Gasteiger partial charge in [-0.2, -0.15) is 5.26 Å². The number of anilines is 1. The predicted molar refractivity (Wildman–Crippen MR) is 79.6 cm³/mol. The van der Waals surface area contributed by atoms with Gasteiger partial charge in [-0.25, -0.2) is 4.79 Å². The van der Waals surface area contributed by atoms with Gasteiger partial charge in [0.2, 0.25) is 0 Å². The van der Waals surface area contributed by atoms with Gasteiger partial charge in [-0.1, -0.05) is 30.3 Å². The molecule has 0 bridgehead atoms. The first-order chi connectivity index (χ1) is 10.2. The monoisotopic (exact) mass is 282 g/mol. The van der Waals surface area contributed by atoms with Crippen LogP contribution in [0.15, 0.2) is 48.2 Å². The molecule has 0 aliphatic heterocycles. The van der Waals surface area contributed by atoms with E-state index in [4.69, 9.17) is 10.00 Å². The van der Waals surface area contributed by atoms with Crippen LogP contribution in [-0.2, 0) is 9.53 Å². The summed E-state index contributed by atoms with van der Waals surface area (Å²) in [5, 5.41) is 23.4. The number of nitrogens with one attached hydrogen (secondary N) is 1. The van der Waals surface area contributed by atoms with Crippen LogP contribution in [0.2, 0.25) is 0 Å². The van der Waals surface area contributed by atoms with Crippen molar-refractivity contribution in [1.82, 2.24) is 0 Å². The zero-order valence-electron chi connectivity index (χ0n) is 11.5. The van der Waals surface area contributed by atoms with Gasteiger partial charge >= 0.3 is 5.97 Å². The summed E-state index contributed by atoms with van der Waals surface area (Å²) in [6, 6.07) is 12.6. The Morgan fingerprint density at radius 1 is 1.38 bits per heavy atom. The van der Waals surface area contributed by atoms with Gasteiger partial charge in [0.15, 0.2) is 5.57 Å². The maximum Gasteiger partial charge on any atom is 0.350 e. The van der Waals surface area contributed by atoms with E-state index >= 15 is 0 Å². The zero-order chi connectivity index (χ0) is 15.2. The van der Waals surface area contributed by atoms with Crippen LogP contribution in [-0.4, -0.2) is 17.7 Å². The van der Waals surface area contributed by atoms with E-state index in [0.717, 1.165) is 10.8 Å². The first-order valence-electron chi connectivity index (χ1n) is 6.42. The Labute approximate surface area is 122 Å². The van der Waals surface area contributed by atoms with Crippen molar-refractivity contribution < 1.29 is 14.6 Å². The summed E-state index contributed by atoms with van der Waals surface area (Å²) in [6.45, 7) is 1.86. The SMILES string of the molecule is CCOC(=O)/C(C#N)=C/Nc1c(O)ccc2ccccc12. The minimum absolute atomic E-state index is 0.0334. The summed E-state index contributed by atoms with van der Waals surface area (Å²) in [5.74, 6) is -0.668. The van der Waals surface area contributed by atoms with E-state index in [2.05, 4.69) is 5.32 Å². The molecule has 106 valence electrons. The standard InChI is InChI=1S/C16H14N2O3/c1-2-21-16(20)12(9-17)10-18-15-13-6-4-3-5-11(13)7-8-14(15)19/h3-8,10,18-19H,2H2,1H3/b12-10+. The molecular formula is C16H14N2O3. The second kappa shape index (κ2) is 6.44. The number of benzene rings is 2. The van der Waals surface area contributed by atoms with E-state index in [1.54, 1.807) is 25.1 Å². The lowest BCUT2D eigenvalue weighted by Gasteiger charge is -2.09. The van der Waals surface area contributed by atoms with Crippen molar-refractivity contribution in [3.8, 4) is 11.8 Å². The number of nitriles is 1. The molecule has 21 heavy (non-hydrogen) atoms. The van der Waals surface area contributed by atoms with Gasteiger partial charge in [-0.15, -0.1) is 0 Å². The average molecular weight is 282 g/mol. The van der Waals surface area contributed by atoms with Gasteiger partial charge in [0, 0.05) is 11.6 Å². The molecule has 5 nitrogen and oxygen atoms in total. The molecule has 0 fully saturated rings. The predicted octanol–water partition coefficient (Wildman–Crippen LogP) is 2.93. The Bertz CT molecular complexity index is 745. The number of carbonyl (C=O) groups is 1. The van der Waals surface area contributed by atoms with Gasteiger partial charge in [0.05, 0.1) is 12.3 Å². The number of hydrogen-bond donors (Lipinski definition) is 2. The second-order valence-corrected chi connectivity index (χ2v) is 4.22. The van der Waals surface area contributed by atoms with Crippen LogP contribution in [0.25, 0.3) is 10.8 Å². The van der Waals surface area contributed by atoms with E-state index in [1.165, 1.54) is 6.20 Å². The fourth-order valence-electron chi connectivity index (χ4n) is 1.90. The molecule has 2 N–H and O–H groups in total. The number of nitrogens with zero attached hydrogens (tertiary/aromatic N) is 1. The average Bonchev–Trinajstić information content (AvgIpc) is 2.50. The lowest BCUT2D eigenvalue weighted by atomic mass is 10.1. The zero-order valence-corrected chi connectivity index (χ0v) is 11.5. The maximum atomic E-state index is 11.5. The van der Waals surface area contributed by atoms with Gasteiger partial charge in [0.1, 0.15) is 11.8 Å². The molecule has 0 saturated heterocycles. The van der Waals surface area contributed by atoms with Crippen LogP contribution < -0.4 is 5.32 Å². The molecule has 0 unspecified atom stereocenters. The fraction of sp³-hybridized carbons (Fsp3) is 0.125. The molecule has 0 aromatic heterocycles. The van der Waals surface area contributed by atoms with Gasteiger partial charge in [0.25, 0.3) is 0 Å². The normalized spacial score (nSPS) is 11.0. The minimum atomic E-state index is -0.702. The highest BCUT2D eigenvalue weighted by atomic mass is 16.5. The summed E-state index contributed by atoms with van der Waals surface area (Å²) >= 11 is 0. The Hall–Kier alpha value is -3.00. The Balaban J connectivity index is 2.37. The van der Waals surface area contributed by atoms with Crippen molar-refractivity contribution in [3.05, 3.63) is 48.2 Å². The first-order valence-corrected chi connectivity index (χ1v) is 6.42. The number of rotatable bonds is 4. The molecule has 0 saturated carbocycles. The molecule has 0 spiro atoms. The number of esters is 1. The van der Waals surface area contributed by atoms with E-state index in [-0.39, 0.29) is 17.9 Å². The number of aromatic hydroxyl groups is 1. The molecular weight excluding hydrogens is 268 g/mol. The third-order valence-corrected chi connectivity index (χ3v) is 2.88. The molecule has 2 aromatic carbocycles. The van der Waals surface area contributed by atoms with Crippen LogP contribution in [0.3, 0.4) is 0 Å². The Morgan fingerprint density at radius 3 is 2.86 bits per heavy atom. The summed E-state index contributed by atoms with van der Waals surface area (Å²) in [6.07, 6.45) is 1.24. The second-order valence-electron chi connectivity index (χ2n) is 4.22. The summed E-state index contributed by atoms with van der Waals surface area (Å²) in [5.41, 5.74) is 0.273. The summed E-state index contributed by atoms with van der Waals surface area (Å²) < 4.78 is 4.77. The lowest BCUT2D eigenvalue weighted by molar-refractivity contribution is -0.138. The van der Waals surface area contributed by atoms with Gasteiger partial charge < -0.3 is 15.2 Å². The highest BCUT2D eigenvalue weighted by Crippen LogP contribution is 2.32. The molecule has 0 amide bonds. The molecule has 0 aliphatic rings. The number of phenolic OH excluding ortho intramolecular Hbond substituents is 1. The van der Waals surface area contributed by atoms with Crippen molar-refractivity contribution in [2.45, 2.75) is 6.92 Å². The first kappa shape index (κ1) is 14.4. The largest absolute Gasteiger partial charge is 0.506 e. The third-order valence-electron chi connectivity index (χ3n) is 2.88. The van der Waals surface area contributed by atoms with Crippen molar-refractivity contribution in [3.63, 3.8) is 0 Å². The van der Waals surface area contributed by atoms with Crippen LogP contribution in [0.1, 0.15) is 6.92 Å². The van der Waals surface area contributed by atoms with E-state index < -0.39 is 5.97 Å². The van der Waals surface area contributed by atoms with E-state index in [9.17, 15) is 9.90 Å². The van der Waals surface area contributed by atoms with Crippen LogP contribution >= 0.6 is 0 Å². The van der Waals surface area contributed by atoms with Crippen LogP contribution in [0.5, 0.6) is 5.75 Å². The molecule has 0 heterocycles. The molecule has 5 heteroatoms.